The first-order valence-electron chi connectivity index (χ1n) is 5.99. The Bertz CT molecular complexity index is 520. The van der Waals surface area contributed by atoms with Gasteiger partial charge in [0, 0.05) is 0 Å². The van der Waals surface area contributed by atoms with Crippen LogP contribution >= 0.6 is 0 Å². The molecule has 0 bridgehead atoms. The van der Waals surface area contributed by atoms with Gasteiger partial charge in [0.15, 0.2) is 0 Å². The molecule has 0 aliphatic rings. The molecule has 0 aliphatic heterocycles. The van der Waals surface area contributed by atoms with Crippen LogP contribution in [0.2, 0.25) is 0 Å². The average Bonchev–Trinajstić information content (AvgIpc) is 2.41. The average molecular weight is 232 g/mol. The normalized spacial score (nSPS) is 12.2. The molecule has 0 aliphatic carbocycles. The molecule has 2 aromatic carbocycles. The zero-order chi connectivity index (χ0) is 13.0. The fraction of sp³-hybridized carbons (Fsp3) is 0.133. The molecule has 0 amide bonds. The van der Waals surface area contributed by atoms with Crippen molar-refractivity contribution in [2.75, 3.05) is 6.61 Å². The van der Waals surface area contributed by atoms with Crippen molar-refractivity contribution in [2.45, 2.75) is 5.92 Å². The number of carbonyl (C=O) groups excluding carboxylic acids is 1. The van der Waals surface area contributed by atoms with Gasteiger partial charge in [0.05, 0.1) is 0 Å². The Labute approximate surface area is 116 Å². The summed E-state index contributed by atoms with van der Waals surface area (Å²) in [4.78, 5) is 12.3. The molecule has 0 saturated carbocycles. The molecule has 2 aromatic rings. The number of Topliss-reactive ketones (excluding diaryl/α,β-unsaturated/α-hetero) is 1. The van der Waals surface area contributed by atoms with E-state index in [1.807, 2.05) is 72.3 Å². The third kappa shape index (κ3) is 2.91. The van der Waals surface area contributed by atoms with Gasteiger partial charge in [0.1, 0.15) is 0 Å². The number of aliphatic hydroxyl groups excluding tert-OH is 1. The van der Waals surface area contributed by atoms with Gasteiger partial charge in [0.25, 0.3) is 0 Å². The van der Waals surface area contributed by atoms with Crippen LogP contribution < -0.4 is 4.24 Å². The number of hydrogen-bond acceptors (Lipinski definition) is 2. The topological polar surface area (TPSA) is 37.3 Å². The molecule has 0 fully saturated rings. The summed E-state index contributed by atoms with van der Waals surface area (Å²) in [6, 6.07) is 16.8. The van der Waals surface area contributed by atoms with Gasteiger partial charge in [-0.1, -0.05) is 0 Å². The predicted molar refractivity (Wildman–Crippen MR) is 72.4 cm³/mol. The number of carbonyl (C=O) groups is 1. The summed E-state index contributed by atoms with van der Waals surface area (Å²) >= 11 is 1.98. The van der Waals surface area contributed by atoms with E-state index in [1.165, 1.54) is 0 Å². The van der Waals surface area contributed by atoms with Crippen molar-refractivity contribution < 1.29 is 9.90 Å². The van der Waals surface area contributed by atoms with Crippen LogP contribution in [0.3, 0.4) is 0 Å². The van der Waals surface area contributed by atoms with E-state index in [1.54, 1.807) is 0 Å². The van der Waals surface area contributed by atoms with Gasteiger partial charge in [-0.25, -0.2) is 0 Å². The Morgan fingerprint density at radius 1 is 1.06 bits per heavy atom. The van der Waals surface area contributed by atoms with Crippen LogP contribution in [0.4, 0.5) is 0 Å². The summed E-state index contributed by atoms with van der Waals surface area (Å²) in [5.74, 6) is -0.516. The minimum absolute atomic E-state index is 0.0382. The molecule has 1 N–H and O–H groups in total. The van der Waals surface area contributed by atoms with Gasteiger partial charge in [-0.3, -0.25) is 0 Å². The van der Waals surface area contributed by atoms with Crippen LogP contribution in [-0.2, 0) is 0 Å². The van der Waals surface area contributed by atoms with Crippen molar-refractivity contribution >= 4 is 27.7 Å². The molecule has 0 aromatic heterocycles. The van der Waals surface area contributed by atoms with Crippen LogP contribution in [0, 0.1) is 0 Å². The van der Waals surface area contributed by atoms with Crippen LogP contribution in [0.1, 0.15) is 21.8 Å². The molecule has 86 valence electrons. The van der Waals surface area contributed by atoms with Crippen molar-refractivity contribution in [1.29, 1.82) is 0 Å². The molecule has 0 radical (unpaired) electrons. The summed E-state index contributed by atoms with van der Waals surface area (Å²) < 4.78 is 1.12. The minimum atomic E-state index is -0.478. The molecule has 0 spiro atoms. The number of rotatable bonds is 4. The first kappa shape index (κ1) is 13.1. The van der Waals surface area contributed by atoms with Gasteiger partial charge in [0.2, 0.25) is 0 Å². The molecule has 2 rings (SSSR count). The van der Waals surface area contributed by atoms with E-state index < -0.39 is 5.92 Å². The molecule has 1 unspecified atom stereocenters. The Morgan fingerprint density at radius 3 is 2.22 bits per heavy atom. The van der Waals surface area contributed by atoms with Crippen molar-refractivity contribution in [2.24, 2.45) is 0 Å². The van der Waals surface area contributed by atoms with E-state index in [9.17, 15) is 9.90 Å². The van der Waals surface area contributed by atoms with Crippen LogP contribution in [0.15, 0.2) is 54.6 Å². The van der Waals surface area contributed by atoms with E-state index in [-0.39, 0.29) is 12.4 Å². The first-order valence-corrected chi connectivity index (χ1v) is 5.99. The molecule has 18 heavy (non-hydrogen) atoms. The van der Waals surface area contributed by atoms with Crippen LogP contribution in [-0.4, -0.2) is 35.2 Å². The molecule has 2 nitrogen and oxygen atoms in total. The molecule has 1 atom stereocenters. The molecule has 3 heteroatoms. The third-order valence-electron chi connectivity index (χ3n) is 3.04. The van der Waals surface area contributed by atoms with Gasteiger partial charge in [-0.15, -0.1) is 0 Å². The van der Waals surface area contributed by atoms with E-state index in [0.29, 0.717) is 5.56 Å². The Balaban J connectivity index is 2.28. The standard InChI is InChI=1S/C15H13O2.Li/c16-11-14(12-7-3-1-4-8-12)15(17)13-9-5-2-6-10-13;/h1,3-10,14,16H,11H2;. The summed E-state index contributed by atoms with van der Waals surface area (Å²) in [5.41, 5.74) is 1.49. The van der Waals surface area contributed by atoms with Crippen LogP contribution in [0.5, 0.6) is 0 Å². The van der Waals surface area contributed by atoms with E-state index in [0.717, 1.165) is 9.80 Å². The van der Waals surface area contributed by atoms with E-state index in [2.05, 4.69) is 0 Å². The van der Waals surface area contributed by atoms with E-state index in [4.69, 9.17) is 0 Å². The Morgan fingerprint density at radius 2 is 1.67 bits per heavy atom. The SMILES string of the molecule is [Li][c]1ccc(C(=O)C(CO)c2ccccc2)cc1. The first-order chi connectivity index (χ1) is 8.72. The summed E-state index contributed by atoms with van der Waals surface area (Å²) in [7, 11) is 0. The monoisotopic (exact) mass is 232 g/mol. The fourth-order valence-corrected chi connectivity index (χ4v) is 1.94. The van der Waals surface area contributed by atoms with Gasteiger partial charge in [-0.05, 0) is 0 Å². The van der Waals surface area contributed by atoms with Crippen molar-refractivity contribution in [3.05, 3.63) is 65.7 Å². The molecular formula is C15H13LiO2. The van der Waals surface area contributed by atoms with Crippen molar-refractivity contribution in [3.8, 4) is 0 Å². The van der Waals surface area contributed by atoms with Crippen molar-refractivity contribution in [3.63, 3.8) is 0 Å². The summed E-state index contributed by atoms with van der Waals surface area (Å²) in [6.45, 7) is -0.170. The number of aliphatic hydroxyl groups is 1. The fourth-order valence-electron chi connectivity index (χ4n) is 1.94. The van der Waals surface area contributed by atoms with Gasteiger partial charge in [-0.2, -0.15) is 0 Å². The zero-order valence-corrected chi connectivity index (χ0v) is 10.3. The summed E-state index contributed by atoms with van der Waals surface area (Å²) in [5, 5.41) is 9.44. The number of ketones is 1. The predicted octanol–water partition coefficient (Wildman–Crippen LogP) is 1.44. The molecular weight excluding hydrogens is 219 g/mol. The molecule has 0 saturated heterocycles. The van der Waals surface area contributed by atoms with E-state index >= 15 is 0 Å². The van der Waals surface area contributed by atoms with Crippen molar-refractivity contribution in [1.82, 2.24) is 0 Å². The quantitative estimate of drug-likeness (QED) is 0.639. The van der Waals surface area contributed by atoms with Gasteiger partial charge < -0.3 is 0 Å². The Kier molecular flexibility index (Phi) is 4.38. The second-order valence-corrected chi connectivity index (χ2v) is 4.38. The molecule has 0 heterocycles. The number of hydrogen-bond donors (Lipinski definition) is 1. The maximum absolute atomic E-state index is 12.3. The van der Waals surface area contributed by atoms with Crippen LogP contribution in [0.25, 0.3) is 0 Å². The number of benzene rings is 2. The maximum atomic E-state index is 12.3. The zero-order valence-electron chi connectivity index (χ0n) is 10.3. The second-order valence-electron chi connectivity index (χ2n) is 4.38. The third-order valence-corrected chi connectivity index (χ3v) is 3.04. The second kappa shape index (κ2) is 6.02. The Hall–Kier alpha value is -1.33. The van der Waals surface area contributed by atoms with Gasteiger partial charge >= 0.3 is 116 Å². The summed E-state index contributed by atoms with van der Waals surface area (Å²) in [6.07, 6.45) is 0.